The molecule has 0 atom stereocenters. The highest BCUT2D eigenvalue weighted by atomic mass is 127. The molecule has 1 aliphatic carbocycles. The summed E-state index contributed by atoms with van der Waals surface area (Å²) < 4.78 is 28.9. The molecule has 3 aliphatic rings. The summed E-state index contributed by atoms with van der Waals surface area (Å²) in [4.78, 5) is 8.69. The van der Waals surface area contributed by atoms with Gasteiger partial charge in [0.15, 0.2) is 0 Å². The van der Waals surface area contributed by atoms with Crippen LogP contribution < -0.4 is 38.8 Å². The van der Waals surface area contributed by atoms with Crippen LogP contribution >= 0.6 is 11.3 Å². The second-order valence-electron chi connectivity index (χ2n) is 8.72. The molecule has 1 aromatic carbocycles. The zero-order valence-corrected chi connectivity index (χ0v) is 23.8. The van der Waals surface area contributed by atoms with Crippen LogP contribution in [0.25, 0.3) is 20.8 Å². The minimum absolute atomic E-state index is 0. The Kier molecular flexibility index (Phi) is 8.40. The van der Waals surface area contributed by atoms with Crippen molar-refractivity contribution < 1.29 is 32.4 Å². The third-order valence-electron chi connectivity index (χ3n) is 6.29. The summed E-state index contributed by atoms with van der Waals surface area (Å²) >= 11 is 1.81. The molecule has 0 amide bonds. The van der Waals surface area contributed by atoms with Crippen LogP contribution in [0.2, 0.25) is 0 Å². The van der Waals surface area contributed by atoms with Gasteiger partial charge in [-0.15, -0.1) is 11.3 Å². The Morgan fingerprint density at radius 1 is 1.00 bits per heavy atom. The van der Waals surface area contributed by atoms with Crippen LogP contribution in [-0.4, -0.2) is 64.2 Å². The van der Waals surface area contributed by atoms with Gasteiger partial charge in [-0.05, 0) is 42.5 Å². The molecule has 9 heteroatoms. The Morgan fingerprint density at radius 3 is 2.36 bits per heavy atom. The van der Waals surface area contributed by atoms with Crippen molar-refractivity contribution in [2.75, 3.05) is 51.4 Å². The highest BCUT2D eigenvalue weighted by molar-refractivity contribution is 7.88. The lowest BCUT2D eigenvalue weighted by Crippen LogP contribution is -3.00. The molecule has 0 bridgehead atoms. The molecule has 2 aliphatic heterocycles. The number of rotatable bonds is 4. The molecule has 0 aromatic heterocycles. The van der Waals surface area contributed by atoms with Crippen molar-refractivity contribution in [2.45, 2.75) is 33.1 Å². The van der Waals surface area contributed by atoms with E-state index in [1.807, 2.05) is 11.3 Å². The summed E-state index contributed by atoms with van der Waals surface area (Å²) in [5.74, 6) is 0. The fourth-order valence-corrected chi connectivity index (χ4v) is 6.42. The number of fused-ring (bicyclic) bond motifs is 2. The summed E-state index contributed by atoms with van der Waals surface area (Å²) in [6.45, 7) is 7.05. The van der Waals surface area contributed by atoms with E-state index in [9.17, 15) is 8.42 Å². The van der Waals surface area contributed by atoms with Gasteiger partial charge in [0.2, 0.25) is 15.4 Å². The molecule has 1 saturated heterocycles. The molecular weight excluding hydrogens is 567 g/mol. The smallest absolute Gasteiger partial charge is 0.211 e. The maximum atomic E-state index is 12.0. The molecule has 1 fully saturated rings. The van der Waals surface area contributed by atoms with Crippen molar-refractivity contribution in [3.8, 4) is 10.6 Å². The van der Waals surface area contributed by atoms with Gasteiger partial charge in [-0.3, -0.25) is 0 Å². The van der Waals surface area contributed by atoms with Crippen molar-refractivity contribution >= 4 is 37.3 Å². The zero-order valence-electron chi connectivity index (χ0n) is 20.1. The number of nitrogens with zero attached hydrogens (tertiary/aromatic N) is 4. The van der Waals surface area contributed by atoms with Gasteiger partial charge < -0.3 is 28.9 Å². The van der Waals surface area contributed by atoms with Crippen LogP contribution in [0.3, 0.4) is 0 Å². The molecule has 0 saturated carbocycles. The second kappa shape index (κ2) is 10.5. The summed E-state index contributed by atoms with van der Waals surface area (Å²) in [6.07, 6.45) is 4.00. The molecule has 33 heavy (non-hydrogen) atoms. The molecule has 0 unspecified atom stereocenters. The van der Waals surface area contributed by atoms with Crippen LogP contribution in [0, 0.1) is 0 Å². The Hall–Kier alpha value is -1.30. The topological polar surface area (TPSA) is 56.5 Å². The van der Waals surface area contributed by atoms with Crippen LogP contribution in [0.4, 0.5) is 5.69 Å². The van der Waals surface area contributed by atoms with Crippen LogP contribution in [0.1, 0.15) is 31.4 Å². The van der Waals surface area contributed by atoms with E-state index in [1.54, 1.807) is 4.31 Å². The predicted molar refractivity (Wildman–Crippen MR) is 135 cm³/mol. The highest BCUT2D eigenvalue weighted by Crippen LogP contribution is 2.36. The minimum Gasteiger partial charge on any atom is -1.00 e. The molecule has 0 spiro atoms. The Labute approximate surface area is 218 Å². The molecule has 4 rings (SSSR count). The first-order valence-electron chi connectivity index (χ1n) is 11.3. The highest BCUT2D eigenvalue weighted by Gasteiger charge is 2.23. The van der Waals surface area contributed by atoms with E-state index in [0.29, 0.717) is 19.6 Å². The summed E-state index contributed by atoms with van der Waals surface area (Å²) in [7, 11) is 1.00. The van der Waals surface area contributed by atoms with Gasteiger partial charge in [0.25, 0.3) is 0 Å². The molecule has 2 heterocycles. The third-order valence-corrected chi connectivity index (χ3v) is 8.65. The van der Waals surface area contributed by atoms with E-state index < -0.39 is 10.0 Å². The predicted octanol–water partition coefficient (Wildman–Crippen LogP) is 0.0334. The standard InChI is InChI=1S/C24H33N4O2S2.HI/c1-6-17-13-19(26(3)4)15-21-23(17)25-24-18(7-2)14-20(16-22(24)31-21)27-9-8-10-28(12-11-27)32(5,29)30;/h13-16H,6-12H2,1-5H3;1H/q+1;/p-1. The van der Waals surface area contributed by atoms with E-state index in [-0.39, 0.29) is 24.0 Å². The van der Waals surface area contributed by atoms with E-state index in [1.165, 1.54) is 38.0 Å². The minimum atomic E-state index is -3.15. The fourth-order valence-electron chi connectivity index (χ4n) is 4.40. The van der Waals surface area contributed by atoms with Crippen molar-refractivity contribution in [3.63, 3.8) is 0 Å². The zero-order chi connectivity index (χ0) is 23.0. The van der Waals surface area contributed by atoms with Crippen LogP contribution in [0.5, 0.6) is 0 Å². The first-order chi connectivity index (χ1) is 15.2. The largest absolute Gasteiger partial charge is 1.00 e. The summed E-state index contributed by atoms with van der Waals surface area (Å²) in [5, 5.41) is 1.20. The van der Waals surface area contributed by atoms with Gasteiger partial charge >= 0.3 is 0 Å². The van der Waals surface area contributed by atoms with Crippen molar-refractivity contribution in [1.82, 2.24) is 13.9 Å². The number of aryl methyl sites for hydroxylation is 2. The lowest BCUT2D eigenvalue weighted by Gasteiger charge is -2.24. The van der Waals surface area contributed by atoms with Crippen LogP contribution in [0.15, 0.2) is 24.3 Å². The molecule has 6 nitrogen and oxygen atoms in total. The van der Waals surface area contributed by atoms with Gasteiger partial charge in [0, 0.05) is 44.0 Å². The average molecular weight is 601 g/mol. The van der Waals surface area contributed by atoms with E-state index >= 15 is 0 Å². The number of hydrogen-bond donors (Lipinski definition) is 0. The normalized spacial score (nSPS) is 15.5. The lowest BCUT2D eigenvalue weighted by atomic mass is 10.1. The number of halogens is 1. The Morgan fingerprint density at radius 2 is 1.73 bits per heavy atom. The van der Waals surface area contributed by atoms with Crippen LogP contribution in [-0.2, 0) is 22.9 Å². The third kappa shape index (κ3) is 5.52. The number of anilines is 1. The molecular formula is C24H33IN4O2S2. The fraction of sp³-hybridized carbons (Fsp3) is 0.500. The maximum Gasteiger partial charge on any atom is 0.211 e. The molecule has 180 valence electrons. The van der Waals surface area contributed by atoms with E-state index in [2.05, 4.69) is 61.7 Å². The lowest BCUT2D eigenvalue weighted by molar-refractivity contribution is -0.00000926. The number of hydrogen-bond acceptors (Lipinski definition) is 5. The van der Waals surface area contributed by atoms with Crippen molar-refractivity contribution in [3.05, 3.63) is 40.7 Å². The number of sulfonamides is 1. The maximum absolute atomic E-state index is 12.0. The van der Waals surface area contributed by atoms with Crippen molar-refractivity contribution in [2.24, 2.45) is 0 Å². The SMILES string of the molecule is CCc1cc(=[N+](C)C)cc2sc3cc(N4CCCN(S(C)(=O)=O)CC4)cc(CC)c3nc1-2.[I-]. The van der Waals surface area contributed by atoms with Gasteiger partial charge in [0.1, 0.15) is 14.1 Å². The Bertz CT molecular complexity index is 1300. The quantitative estimate of drug-likeness (QED) is 0.241. The van der Waals surface area contributed by atoms with Gasteiger partial charge in [-0.2, -0.15) is 0 Å². The average Bonchev–Trinajstić information content (AvgIpc) is 3.02. The molecule has 0 radical (unpaired) electrons. The summed E-state index contributed by atoms with van der Waals surface area (Å²) in [6, 6.07) is 8.98. The second-order valence-corrected chi connectivity index (χ2v) is 11.8. The number of benzene rings is 2. The first kappa shape index (κ1) is 26.3. The molecule has 0 N–H and O–H groups in total. The van der Waals surface area contributed by atoms with Gasteiger partial charge in [-0.1, -0.05) is 13.8 Å². The van der Waals surface area contributed by atoms with E-state index in [0.717, 1.165) is 37.0 Å². The molecule has 1 aromatic rings. The Balaban J connectivity index is 0.00000306. The monoisotopic (exact) mass is 600 g/mol. The van der Waals surface area contributed by atoms with E-state index in [4.69, 9.17) is 4.98 Å². The number of aromatic nitrogens is 1. The van der Waals surface area contributed by atoms with Gasteiger partial charge in [-0.25, -0.2) is 22.3 Å². The first-order valence-corrected chi connectivity index (χ1v) is 14.0. The summed E-state index contributed by atoms with van der Waals surface area (Å²) in [5.41, 5.74) is 5.90. The van der Waals surface area contributed by atoms with Crippen molar-refractivity contribution in [1.29, 1.82) is 0 Å². The van der Waals surface area contributed by atoms with Gasteiger partial charge in [0.05, 0.1) is 27.0 Å².